The van der Waals surface area contributed by atoms with Crippen LogP contribution in [0.3, 0.4) is 0 Å². The monoisotopic (exact) mass is 389 g/mol. The summed E-state index contributed by atoms with van der Waals surface area (Å²) in [7, 11) is 0. The Morgan fingerprint density at radius 3 is 2.66 bits per heavy atom. The first-order valence-corrected chi connectivity index (χ1v) is 9.12. The van der Waals surface area contributed by atoms with Crippen LogP contribution in [0, 0.1) is 13.8 Å². The number of benzene rings is 1. The molecule has 1 aromatic carbocycles. The van der Waals surface area contributed by atoms with Crippen LogP contribution in [0.1, 0.15) is 40.6 Å². The number of para-hydroxylation sites is 1. The molecule has 0 aliphatic rings. The molecule has 8 nitrogen and oxygen atoms in total. The van der Waals surface area contributed by atoms with Crippen molar-refractivity contribution in [2.45, 2.75) is 26.9 Å². The molecule has 29 heavy (non-hydrogen) atoms. The molecule has 0 amide bonds. The van der Waals surface area contributed by atoms with E-state index in [-0.39, 0.29) is 11.4 Å². The van der Waals surface area contributed by atoms with Gasteiger partial charge in [-0.25, -0.2) is 19.4 Å². The number of H-pyrrole nitrogens is 1. The quantitative estimate of drug-likeness (QED) is 0.538. The summed E-state index contributed by atoms with van der Waals surface area (Å²) < 4.78 is 7.17. The zero-order chi connectivity index (χ0) is 20.5. The third-order valence-corrected chi connectivity index (χ3v) is 4.51. The number of pyridine rings is 1. The molecule has 0 fully saturated rings. The van der Waals surface area contributed by atoms with Gasteiger partial charge in [0.05, 0.1) is 22.2 Å². The van der Waals surface area contributed by atoms with E-state index in [9.17, 15) is 9.59 Å². The molecular formula is C21H19N5O3. The summed E-state index contributed by atoms with van der Waals surface area (Å²) in [5.74, 6) is 0.343. The zero-order valence-electron chi connectivity index (χ0n) is 16.2. The minimum Gasteiger partial charge on any atom is -0.451 e. The molecule has 146 valence electrons. The summed E-state index contributed by atoms with van der Waals surface area (Å²) >= 11 is 0. The number of carbonyl (C=O) groups excluding carboxylic acids is 1. The predicted molar refractivity (Wildman–Crippen MR) is 107 cm³/mol. The second kappa shape index (κ2) is 7.31. The SMILES string of the molecule is Cc1cc(C)n(-c2ccc(C(=O)OC(C)c3nc4ccccc4c(=O)[nH]3)cn2)n1. The highest BCUT2D eigenvalue weighted by molar-refractivity contribution is 5.89. The number of rotatable bonds is 4. The van der Waals surface area contributed by atoms with Gasteiger partial charge in [-0.3, -0.25) is 4.79 Å². The first-order valence-electron chi connectivity index (χ1n) is 9.12. The van der Waals surface area contributed by atoms with Gasteiger partial charge in [-0.1, -0.05) is 12.1 Å². The molecule has 0 radical (unpaired) electrons. The van der Waals surface area contributed by atoms with E-state index in [4.69, 9.17) is 4.74 Å². The number of nitrogens with one attached hydrogen (secondary N) is 1. The van der Waals surface area contributed by atoms with Crippen molar-refractivity contribution in [1.82, 2.24) is 24.7 Å². The summed E-state index contributed by atoms with van der Waals surface area (Å²) in [6.45, 7) is 5.49. The van der Waals surface area contributed by atoms with Gasteiger partial charge < -0.3 is 9.72 Å². The van der Waals surface area contributed by atoms with Crippen LogP contribution in [-0.4, -0.2) is 30.7 Å². The van der Waals surface area contributed by atoms with Gasteiger partial charge in [0, 0.05) is 11.9 Å². The fraction of sp³-hybridized carbons (Fsp3) is 0.190. The standard InChI is InChI=1S/C21H19N5O3/c1-12-10-13(2)26(25-12)18-9-8-15(11-22-18)21(28)29-14(3)19-23-17-7-5-4-6-16(17)20(27)24-19/h4-11,14H,1-3H3,(H,23,24,27). The molecule has 1 N–H and O–H groups in total. The van der Waals surface area contributed by atoms with Crippen LogP contribution in [0.5, 0.6) is 0 Å². The molecule has 0 saturated heterocycles. The van der Waals surface area contributed by atoms with Gasteiger partial charge in [0.15, 0.2) is 17.7 Å². The topological polar surface area (TPSA) is 103 Å². The van der Waals surface area contributed by atoms with Crippen LogP contribution in [0.4, 0.5) is 0 Å². The molecule has 0 bridgehead atoms. The van der Waals surface area contributed by atoms with Gasteiger partial charge in [0.25, 0.3) is 5.56 Å². The van der Waals surface area contributed by atoms with E-state index in [1.165, 1.54) is 6.20 Å². The highest BCUT2D eigenvalue weighted by Gasteiger charge is 2.17. The Balaban J connectivity index is 1.53. The number of aryl methyl sites for hydroxylation is 2. The Kier molecular flexibility index (Phi) is 4.67. The number of esters is 1. The Hall–Kier alpha value is -3.81. The van der Waals surface area contributed by atoms with Crippen molar-refractivity contribution >= 4 is 16.9 Å². The third kappa shape index (κ3) is 3.64. The number of aromatic amines is 1. The normalized spacial score (nSPS) is 12.1. The molecule has 1 atom stereocenters. The number of fused-ring (bicyclic) bond motifs is 1. The number of aromatic nitrogens is 5. The summed E-state index contributed by atoms with van der Waals surface area (Å²) in [6.07, 6.45) is 0.715. The molecule has 0 spiro atoms. The van der Waals surface area contributed by atoms with Crippen LogP contribution < -0.4 is 5.56 Å². The van der Waals surface area contributed by atoms with Crippen LogP contribution in [-0.2, 0) is 4.74 Å². The van der Waals surface area contributed by atoms with Gasteiger partial charge in [0.2, 0.25) is 0 Å². The van der Waals surface area contributed by atoms with E-state index in [2.05, 4.69) is 20.1 Å². The van der Waals surface area contributed by atoms with E-state index in [0.717, 1.165) is 11.4 Å². The molecule has 8 heteroatoms. The van der Waals surface area contributed by atoms with Crippen molar-refractivity contribution in [1.29, 1.82) is 0 Å². The number of hydrogen-bond donors (Lipinski definition) is 1. The van der Waals surface area contributed by atoms with Crippen molar-refractivity contribution < 1.29 is 9.53 Å². The largest absolute Gasteiger partial charge is 0.451 e. The average Bonchev–Trinajstić information content (AvgIpc) is 3.06. The smallest absolute Gasteiger partial charge is 0.340 e. The zero-order valence-corrected chi connectivity index (χ0v) is 16.2. The van der Waals surface area contributed by atoms with E-state index in [0.29, 0.717) is 22.3 Å². The maximum Gasteiger partial charge on any atom is 0.340 e. The maximum atomic E-state index is 12.5. The highest BCUT2D eigenvalue weighted by Crippen LogP contribution is 2.17. The lowest BCUT2D eigenvalue weighted by Crippen LogP contribution is -2.17. The lowest BCUT2D eigenvalue weighted by Gasteiger charge is -2.13. The lowest BCUT2D eigenvalue weighted by atomic mass is 10.2. The minimum atomic E-state index is -0.726. The number of carbonyl (C=O) groups is 1. The second-order valence-electron chi connectivity index (χ2n) is 6.76. The Morgan fingerprint density at radius 1 is 1.17 bits per heavy atom. The van der Waals surface area contributed by atoms with E-state index < -0.39 is 12.1 Å². The third-order valence-electron chi connectivity index (χ3n) is 4.51. The van der Waals surface area contributed by atoms with Crippen LogP contribution in [0.25, 0.3) is 16.7 Å². The molecule has 4 aromatic rings. The highest BCUT2D eigenvalue weighted by atomic mass is 16.5. The van der Waals surface area contributed by atoms with Gasteiger partial charge in [0.1, 0.15) is 0 Å². The van der Waals surface area contributed by atoms with Crippen molar-refractivity contribution in [2.75, 3.05) is 0 Å². The van der Waals surface area contributed by atoms with Gasteiger partial charge in [-0.15, -0.1) is 0 Å². The summed E-state index contributed by atoms with van der Waals surface area (Å²) in [4.78, 5) is 36.1. The summed E-state index contributed by atoms with van der Waals surface area (Å²) in [6, 6.07) is 12.3. The van der Waals surface area contributed by atoms with Crippen LogP contribution in [0.15, 0.2) is 53.5 Å². The Labute approximate surface area is 166 Å². The predicted octanol–water partition coefficient (Wildman–Crippen LogP) is 3.04. The second-order valence-corrected chi connectivity index (χ2v) is 6.76. The Morgan fingerprint density at radius 2 is 1.97 bits per heavy atom. The van der Waals surface area contributed by atoms with Crippen LogP contribution in [0.2, 0.25) is 0 Å². The minimum absolute atomic E-state index is 0.274. The van der Waals surface area contributed by atoms with E-state index >= 15 is 0 Å². The molecule has 0 aliphatic carbocycles. The fourth-order valence-electron chi connectivity index (χ4n) is 3.07. The molecule has 3 aromatic heterocycles. The first-order chi connectivity index (χ1) is 13.9. The summed E-state index contributed by atoms with van der Waals surface area (Å²) in [5.41, 5.74) is 2.41. The number of nitrogens with zero attached hydrogens (tertiary/aromatic N) is 4. The molecular weight excluding hydrogens is 370 g/mol. The number of ether oxygens (including phenoxy) is 1. The first kappa shape index (κ1) is 18.5. The molecule has 4 rings (SSSR count). The number of hydrogen-bond acceptors (Lipinski definition) is 6. The van der Waals surface area contributed by atoms with Crippen molar-refractivity contribution in [3.8, 4) is 5.82 Å². The van der Waals surface area contributed by atoms with E-state index in [1.807, 2.05) is 19.9 Å². The van der Waals surface area contributed by atoms with Gasteiger partial charge in [-0.05, 0) is 51.1 Å². The van der Waals surface area contributed by atoms with Crippen molar-refractivity contribution in [3.05, 3.63) is 81.8 Å². The van der Waals surface area contributed by atoms with Gasteiger partial charge in [-0.2, -0.15) is 5.10 Å². The summed E-state index contributed by atoms with van der Waals surface area (Å²) in [5, 5.41) is 4.86. The average molecular weight is 389 g/mol. The maximum absolute atomic E-state index is 12.5. The molecule has 3 heterocycles. The lowest BCUT2D eigenvalue weighted by molar-refractivity contribution is 0.0319. The van der Waals surface area contributed by atoms with E-state index in [1.54, 1.807) is 48.0 Å². The van der Waals surface area contributed by atoms with Crippen LogP contribution >= 0.6 is 0 Å². The van der Waals surface area contributed by atoms with Crippen molar-refractivity contribution in [3.63, 3.8) is 0 Å². The molecule has 0 saturated carbocycles. The Bertz CT molecular complexity index is 1260. The van der Waals surface area contributed by atoms with Gasteiger partial charge >= 0.3 is 5.97 Å². The van der Waals surface area contributed by atoms with Crippen molar-refractivity contribution in [2.24, 2.45) is 0 Å². The molecule has 1 unspecified atom stereocenters. The fourth-order valence-corrected chi connectivity index (χ4v) is 3.07. The molecule has 0 aliphatic heterocycles.